The maximum atomic E-state index is 13.6. The smallest absolute Gasteiger partial charge is 0.419 e. The van der Waals surface area contributed by atoms with E-state index in [2.05, 4.69) is 4.74 Å². The van der Waals surface area contributed by atoms with Crippen LogP contribution in [-0.4, -0.2) is 6.61 Å². The molecule has 0 aromatic heterocycles. The maximum Gasteiger partial charge on any atom is 0.419 e. The van der Waals surface area contributed by atoms with Gasteiger partial charge in [0.05, 0.1) is 5.56 Å². The normalized spacial score (nSPS) is 11.8. The summed E-state index contributed by atoms with van der Waals surface area (Å²) in [4.78, 5) is 0. The molecular weight excluding hydrogens is 317 g/mol. The fourth-order valence-electron chi connectivity index (χ4n) is 1.84. The predicted molar refractivity (Wildman–Crippen MR) is 63.4 cm³/mol. The van der Waals surface area contributed by atoms with Crippen molar-refractivity contribution in [3.63, 3.8) is 0 Å². The van der Waals surface area contributed by atoms with Gasteiger partial charge in [0.15, 0.2) is 11.6 Å². The van der Waals surface area contributed by atoms with E-state index in [4.69, 9.17) is 0 Å². The van der Waals surface area contributed by atoms with Gasteiger partial charge in [-0.25, -0.2) is 8.78 Å². The lowest BCUT2D eigenvalue weighted by Gasteiger charge is -2.15. The molecule has 22 heavy (non-hydrogen) atoms. The molecule has 0 aliphatic carbocycles. The first-order valence-electron chi connectivity index (χ1n) is 5.80. The van der Waals surface area contributed by atoms with Crippen molar-refractivity contribution in [2.75, 3.05) is 0 Å². The summed E-state index contributed by atoms with van der Waals surface area (Å²) in [6.07, 6.45) is -4.93. The van der Waals surface area contributed by atoms with E-state index in [0.717, 1.165) is 24.3 Å². The second-order valence-corrected chi connectivity index (χ2v) is 4.19. The summed E-state index contributed by atoms with van der Waals surface area (Å²) in [5.74, 6) is -3.68. The number of benzene rings is 2. The van der Waals surface area contributed by atoms with Gasteiger partial charge >= 0.3 is 12.8 Å². The van der Waals surface area contributed by atoms with E-state index in [0.29, 0.717) is 12.1 Å². The zero-order valence-electron chi connectivity index (χ0n) is 10.6. The Hall–Kier alpha value is -2.25. The van der Waals surface area contributed by atoms with Gasteiger partial charge in [0, 0.05) is 5.56 Å². The third kappa shape index (κ3) is 3.32. The number of rotatable bonds is 3. The SMILES string of the molecule is Fc1cccc(-c2ccc(C(F)(F)F)c(OC(F)F)c2)c1F. The van der Waals surface area contributed by atoms with Crippen LogP contribution in [0.5, 0.6) is 5.75 Å². The lowest BCUT2D eigenvalue weighted by Crippen LogP contribution is -2.11. The third-order valence-electron chi connectivity index (χ3n) is 2.77. The topological polar surface area (TPSA) is 9.23 Å². The van der Waals surface area contributed by atoms with Gasteiger partial charge in [-0.1, -0.05) is 18.2 Å². The van der Waals surface area contributed by atoms with E-state index < -0.39 is 35.7 Å². The van der Waals surface area contributed by atoms with E-state index >= 15 is 0 Å². The molecule has 2 aromatic carbocycles. The van der Waals surface area contributed by atoms with Crippen molar-refractivity contribution in [3.8, 4) is 16.9 Å². The van der Waals surface area contributed by atoms with E-state index in [9.17, 15) is 30.7 Å². The number of alkyl halides is 5. The number of ether oxygens (including phenoxy) is 1. The molecule has 0 fully saturated rings. The van der Waals surface area contributed by atoms with Gasteiger partial charge in [0.1, 0.15) is 5.75 Å². The van der Waals surface area contributed by atoms with Crippen molar-refractivity contribution in [1.82, 2.24) is 0 Å². The van der Waals surface area contributed by atoms with Crippen molar-refractivity contribution >= 4 is 0 Å². The predicted octanol–water partition coefficient (Wildman–Crippen LogP) is 5.25. The van der Waals surface area contributed by atoms with Gasteiger partial charge < -0.3 is 4.74 Å². The molecule has 0 radical (unpaired) electrons. The number of halogens is 7. The van der Waals surface area contributed by atoms with Crippen LogP contribution < -0.4 is 4.74 Å². The fraction of sp³-hybridized carbons (Fsp3) is 0.143. The fourth-order valence-corrected chi connectivity index (χ4v) is 1.84. The van der Waals surface area contributed by atoms with Gasteiger partial charge in [0.25, 0.3) is 0 Å². The highest BCUT2D eigenvalue weighted by atomic mass is 19.4. The molecule has 0 spiro atoms. The second kappa shape index (κ2) is 5.86. The Morgan fingerprint density at radius 2 is 1.64 bits per heavy atom. The monoisotopic (exact) mass is 324 g/mol. The van der Waals surface area contributed by atoms with E-state index in [1.807, 2.05) is 0 Å². The molecule has 8 heteroatoms. The van der Waals surface area contributed by atoms with Crippen LogP contribution in [0, 0.1) is 11.6 Å². The Bertz CT molecular complexity index is 679. The molecular formula is C14H7F7O. The highest BCUT2D eigenvalue weighted by molar-refractivity contribution is 5.67. The Labute approximate surface area is 119 Å². The average Bonchev–Trinajstić information content (AvgIpc) is 2.40. The summed E-state index contributed by atoms with van der Waals surface area (Å²) in [5, 5.41) is 0. The quantitative estimate of drug-likeness (QED) is 0.701. The largest absolute Gasteiger partial charge is 0.434 e. The van der Waals surface area contributed by atoms with Crippen LogP contribution in [0.15, 0.2) is 36.4 Å². The van der Waals surface area contributed by atoms with Gasteiger partial charge in [0.2, 0.25) is 0 Å². The Morgan fingerprint density at radius 1 is 0.955 bits per heavy atom. The lowest BCUT2D eigenvalue weighted by molar-refractivity contribution is -0.141. The summed E-state index contributed by atoms with van der Waals surface area (Å²) < 4.78 is 93.2. The first-order valence-corrected chi connectivity index (χ1v) is 5.80. The molecule has 118 valence electrons. The molecule has 0 bridgehead atoms. The maximum absolute atomic E-state index is 13.6. The van der Waals surface area contributed by atoms with Crippen molar-refractivity contribution < 1.29 is 35.5 Å². The molecule has 0 atom stereocenters. The molecule has 0 saturated heterocycles. The average molecular weight is 324 g/mol. The number of hydrogen-bond acceptors (Lipinski definition) is 1. The Morgan fingerprint density at radius 3 is 2.23 bits per heavy atom. The summed E-state index contributed by atoms with van der Waals surface area (Å²) >= 11 is 0. The van der Waals surface area contributed by atoms with E-state index in [-0.39, 0.29) is 11.1 Å². The van der Waals surface area contributed by atoms with Crippen molar-refractivity contribution in [3.05, 3.63) is 53.6 Å². The molecule has 0 amide bonds. The molecule has 0 heterocycles. The minimum atomic E-state index is -4.93. The Balaban J connectivity index is 2.58. The highest BCUT2D eigenvalue weighted by Crippen LogP contribution is 2.39. The number of hydrogen-bond donors (Lipinski definition) is 0. The molecule has 0 aliphatic rings. The molecule has 0 aliphatic heterocycles. The van der Waals surface area contributed by atoms with Crippen LogP contribution >= 0.6 is 0 Å². The van der Waals surface area contributed by atoms with Crippen LogP contribution in [0.4, 0.5) is 30.7 Å². The van der Waals surface area contributed by atoms with Crippen LogP contribution in [0.2, 0.25) is 0 Å². The molecule has 0 saturated carbocycles. The molecule has 0 N–H and O–H groups in total. The molecule has 1 nitrogen and oxygen atoms in total. The van der Waals surface area contributed by atoms with Crippen molar-refractivity contribution in [2.24, 2.45) is 0 Å². The Kier molecular flexibility index (Phi) is 4.30. The summed E-state index contributed by atoms with van der Waals surface area (Å²) in [6.45, 7) is -3.49. The van der Waals surface area contributed by atoms with Gasteiger partial charge in [-0.3, -0.25) is 0 Å². The van der Waals surface area contributed by atoms with Crippen molar-refractivity contribution in [2.45, 2.75) is 12.8 Å². The molecule has 2 rings (SSSR count). The van der Waals surface area contributed by atoms with Gasteiger partial charge in [-0.05, 0) is 23.8 Å². The highest BCUT2D eigenvalue weighted by Gasteiger charge is 2.35. The first-order chi connectivity index (χ1) is 10.2. The standard InChI is InChI=1S/C14H7F7O/c15-10-3-1-2-8(12(10)16)7-4-5-9(14(19,20)21)11(6-7)22-13(17)18/h1-6,13H. The van der Waals surface area contributed by atoms with Crippen LogP contribution in [0.1, 0.15) is 5.56 Å². The summed E-state index contributed by atoms with van der Waals surface area (Å²) in [7, 11) is 0. The van der Waals surface area contributed by atoms with E-state index in [1.165, 1.54) is 0 Å². The lowest BCUT2D eigenvalue weighted by atomic mass is 10.0. The molecule has 0 unspecified atom stereocenters. The van der Waals surface area contributed by atoms with Crippen LogP contribution in [-0.2, 0) is 6.18 Å². The third-order valence-corrected chi connectivity index (χ3v) is 2.77. The molecule has 2 aromatic rings. The minimum absolute atomic E-state index is 0.222. The van der Waals surface area contributed by atoms with Crippen molar-refractivity contribution in [1.29, 1.82) is 0 Å². The second-order valence-electron chi connectivity index (χ2n) is 4.19. The minimum Gasteiger partial charge on any atom is -0.434 e. The van der Waals surface area contributed by atoms with Crippen LogP contribution in [0.3, 0.4) is 0 Å². The summed E-state index contributed by atoms with van der Waals surface area (Å²) in [6, 6.07) is 4.97. The van der Waals surface area contributed by atoms with E-state index in [1.54, 1.807) is 0 Å². The first kappa shape index (κ1) is 16.1. The zero-order valence-corrected chi connectivity index (χ0v) is 10.6. The van der Waals surface area contributed by atoms with Crippen LogP contribution in [0.25, 0.3) is 11.1 Å². The van der Waals surface area contributed by atoms with Gasteiger partial charge in [-0.15, -0.1) is 0 Å². The zero-order chi connectivity index (χ0) is 16.5. The van der Waals surface area contributed by atoms with Gasteiger partial charge in [-0.2, -0.15) is 22.0 Å². The summed E-state index contributed by atoms with van der Waals surface area (Å²) in [5.41, 5.74) is -2.03.